The van der Waals surface area contributed by atoms with E-state index in [4.69, 9.17) is 16.7 Å². The second-order valence-electron chi connectivity index (χ2n) is 8.35. The molecule has 174 valence electrons. The van der Waals surface area contributed by atoms with Crippen molar-refractivity contribution in [1.82, 2.24) is 29.8 Å². The normalized spacial score (nSPS) is 15.6. The van der Waals surface area contributed by atoms with Crippen molar-refractivity contribution in [3.05, 3.63) is 65.7 Å². The molecule has 1 fully saturated rings. The maximum absolute atomic E-state index is 11.6. The number of halogens is 1. The van der Waals surface area contributed by atoms with Crippen LogP contribution >= 0.6 is 11.6 Å². The fourth-order valence-electron chi connectivity index (χ4n) is 4.33. The molecule has 5 rings (SSSR count). The van der Waals surface area contributed by atoms with Gasteiger partial charge in [-0.3, -0.25) is 9.69 Å². The monoisotopic (exact) mass is 476 g/mol. The maximum Gasteiger partial charge on any atom is 0.219 e. The van der Waals surface area contributed by atoms with Gasteiger partial charge >= 0.3 is 0 Å². The largest absolute Gasteiger partial charge is 0.376 e. The lowest BCUT2D eigenvalue weighted by Crippen LogP contribution is -2.52. The van der Waals surface area contributed by atoms with E-state index in [9.17, 15) is 9.90 Å². The van der Waals surface area contributed by atoms with Crippen molar-refractivity contribution in [3.8, 4) is 22.5 Å². The number of carbonyl (C=O) groups is 1. The minimum absolute atomic E-state index is 0.0545. The molecule has 8 nitrogen and oxygen atoms in total. The minimum Gasteiger partial charge on any atom is -0.376 e. The summed E-state index contributed by atoms with van der Waals surface area (Å²) in [5.41, 5.74) is 3.58. The Bertz CT molecular complexity index is 1300. The molecule has 1 amide bonds. The Kier molecular flexibility index (Phi) is 6.28. The van der Waals surface area contributed by atoms with Crippen LogP contribution in [0.1, 0.15) is 6.92 Å². The van der Waals surface area contributed by atoms with Gasteiger partial charge in [0.2, 0.25) is 5.91 Å². The average molecular weight is 477 g/mol. The Morgan fingerprint density at radius 2 is 1.53 bits per heavy atom. The van der Waals surface area contributed by atoms with Crippen molar-refractivity contribution >= 4 is 28.5 Å². The van der Waals surface area contributed by atoms with Gasteiger partial charge in [-0.25, -0.2) is 4.68 Å². The van der Waals surface area contributed by atoms with Crippen molar-refractivity contribution in [1.29, 1.82) is 0 Å². The summed E-state index contributed by atoms with van der Waals surface area (Å²) in [6.07, 6.45) is -0.782. The molecule has 3 heterocycles. The summed E-state index contributed by atoms with van der Waals surface area (Å²) in [5.74, 6) is 0.0545. The van der Waals surface area contributed by atoms with Gasteiger partial charge in [0.05, 0.1) is 17.0 Å². The predicted octanol–water partition coefficient (Wildman–Crippen LogP) is 3.30. The van der Waals surface area contributed by atoms with E-state index in [1.165, 1.54) is 0 Å². The third-order valence-corrected chi connectivity index (χ3v) is 6.58. The SMILES string of the molecule is CC(=O)N1CCN(C(O)Cn2nc(-c3ccccc3)c3c(Cl)c(-c4ccccc4)nnc32)CC1. The Morgan fingerprint density at radius 3 is 2.12 bits per heavy atom. The molecule has 1 aliphatic heterocycles. The number of hydrogen-bond donors (Lipinski definition) is 1. The number of piperazine rings is 1. The first-order chi connectivity index (χ1) is 16.5. The smallest absolute Gasteiger partial charge is 0.219 e. The molecule has 0 spiro atoms. The van der Waals surface area contributed by atoms with Crippen LogP contribution in [-0.4, -0.2) is 73.2 Å². The standard InChI is InChI=1S/C25H25ClN6O2/c1-17(33)30-12-14-31(15-13-30)20(34)16-32-25-21(23(29-32)18-8-4-2-5-9-18)22(26)24(27-28-25)19-10-6-3-7-11-19/h2-11,20,34H,12-16H2,1H3. The Balaban J connectivity index is 1.53. The van der Waals surface area contributed by atoms with Crippen LogP contribution in [0.25, 0.3) is 33.5 Å². The zero-order valence-corrected chi connectivity index (χ0v) is 19.6. The molecule has 2 aromatic carbocycles. The third kappa shape index (κ3) is 4.27. The molecule has 1 unspecified atom stereocenters. The number of fused-ring (bicyclic) bond motifs is 1. The zero-order chi connectivity index (χ0) is 23.7. The van der Waals surface area contributed by atoms with Gasteiger partial charge < -0.3 is 10.0 Å². The zero-order valence-electron chi connectivity index (χ0n) is 18.8. The number of aliphatic hydroxyl groups is 1. The first-order valence-electron chi connectivity index (χ1n) is 11.2. The van der Waals surface area contributed by atoms with E-state index in [0.29, 0.717) is 53.6 Å². The fraction of sp³-hybridized carbons (Fsp3) is 0.280. The topological polar surface area (TPSA) is 87.4 Å². The number of hydrogen-bond acceptors (Lipinski definition) is 6. The van der Waals surface area contributed by atoms with Crippen molar-refractivity contribution in [2.45, 2.75) is 19.7 Å². The van der Waals surface area contributed by atoms with Crippen LogP contribution < -0.4 is 0 Å². The van der Waals surface area contributed by atoms with E-state index >= 15 is 0 Å². The van der Waals surface area contributed by atoms with E-state index in [1.807, 2.05) is 65.6 Å². The number of nitrogens with zero attached hydrogens (tertiary/aromatic N) is 6. The molecule has 0 saturated carbocycles. The number of aliphatic hydroxyl groups excluding tert-OH is 1. The minimum atomic E-state index is -0.782. The number of carbonyl (C=O) groups excluding carboxylic acids is 1. The average Bonchev–Trinajstić information content (AvgIpc) is 3.24. The van der Waals surface area contributed by atoms with Crippen LogP contribution in [0.3, 0.4) is 0 Å². The molecule has 2 aromatic heterocycles. The van der Waals surface area contributed by atoms with E-state index in [1.54, 1.807) is 16.5 Å². The molecular formula is C25H25ClN6O2. The molecule has 0 aliphatic carbocycles. The first kappa shape index (κ1) is 22.5. The number of benzene rings is 2. The predicted molar refractivity (Wildman–Crippen MR) is 131 cm³/mol. The summed E-state index contributed by atoms with van der Waals surface area (Å²) in [6, 6.07) is 19.5. The van der Waals surface area contributed by atoms with Gasteiger partial charge in [0.1, 0.15) is 17.6 Å². The van der Waals surface area contributed by atoms with E-state index < -0.39 is 6.23 Å². The van der Waals surface area contributed by atoms with Gasteiger partial charge in [0.15, 0.2) is 5.65 Å². The second kappa shape index (κ2) is 9.50. The van der Waals surface area contributed by atoms with Crippen molar-refractivity contribution in [2.75, 3.05) is 26.2 Å². The summed E-state index contributed by atoms with van der Waals surface area (Å²) in [5, 5.41) is 25.9. The van der Waals surface area contributed by atoms with Crippen LogP contribution in [0.15, 0.2) is 60.7 Å². The quantitative estimate of drug-likeness (QED) is 0.475. The molecule has 9 heteroatoms. The molecular weight excluding hydrogens is 452 g/mol. The van der Waals surface area contributed by atoms with Crippen LogP contribution in [0, 0.1) is 0 Å². The summed E-state index contributed by atoms with van der Waals surface area (Å²) >= 11 is 6.91. The Morgan fingerprint density at radius 1 is 0.941 bits per heavy atom. The second-order valence-corrected chi connectivity index (χ2v) is 8.72. The highest BCUT2D eigenvalue weighted by atomic mass is 35.5. The van der Waals surface area contributed by atoms with Crippen molar-refractivity contribution in [3.63, 3.8) is 0 Å². The molecule has 34 heavy (non-hydrogen) atoms. The first-order valence-corrected chi connectivity index (χ1v) is 11.6. The van der Waals surface area contributed by atoms with E-state index in [-0.39, 0.29) is 12.5 Å². The lowest BCUT2D eigenvalue weighted by Gasteiger charge is -2.36. The van der Waals surface area contributed by atoms with Crippen LogP contribution in [0.4, 0.5) is 0 Å². The highest BCUT2D eigenvalue weighted by Crippen LogP contribution is 2.37. The molecule has 1 saturated heterocycles. The van der Waals surface area contributed by atoms with Gasteiger partial charge in [-0.15, -0.1) is 10.2 Å². The molecule has 1 N–H and O–H groups in total. The third-order valence-electron chi connectivity index (χ3n) is 6.21. The number of rotatable bonds is 5. The van der Waals surface area contributed by atoms with E-state index in [0.717, 1.165) is 11.1 Å². The van der Waals surface area contributed by atoms with Crippen LogP contribution in [0.2, 0.25) is 5.02 Å². The highest BCUT2D eigenvalue weighted by Gasteiger charge is 2.26. The number of amides is 1. The molecule has 0 bridgehead atoms. The Labute approximate surface area is 202 Å². The van der Waals surface area contributed by atoms with E-state index in [2.05, 4.69) is 10.2 Å². The summed E-state index contributed by atoms with van der Waals surface area (Å²) in [4.78, 5) is 15.4. The summed E-state index contributed by atoms with van der Waals surface area (Å²) in [6.45, 7) is 4.14. The van der Waals surface area contributed by atoms with Gasteiger partial charge in [-0.2, -0.15) is 5.10 Å². The highest BCUT2D eigenvalue weighted by molar-refractivity contribution is 6.38. The maximum atomic E-state index is 11.6. The lowest BCUT2D eigenvalue weighted by atomic mass is 10.1. The van der Waals surface area contributed by atoms with Crippen molar-refractivity contribution < 1.29 is 9.90 Å². The summed E-state index contributed by atoms with van der Waals surface area (Å²) < 4.78 is 1.67. The molecule has 0 radical (unpaired) electrons. The Hall–Kier alpha value is -3.33. The lowest BCUT2D eigenvalue weighted by molar-refractivity contribution is -0.132. The number of aromatic nitrogens is 4. The van der Waals surface area contributed by atoms with Gasteiger partial charge in [-0.1, -0.05) is 72.3 Å². The van der Waals surface area contributed by atoms with Gasteiger partial charge in [-0.05, 0) is 0 Å². The van der Waals surface area contributed by atoms with Gasteiger partial charge in [0, 0.05) is 44.2 Å². The molecule has 4 aromatic rings. The molecule has 1 atom stereocenters. The van der Waals surface area contributed by atoms with Gasteiger partial charge in [0.25, 0.3) is 0 Å². The fourth-order valence-corrected chi connectivity index (χ4v) is 4.65. The van der Waals surface area contributed by atoms with Crippen LogP contribution in [-0.2, 0) is 11.3 Å². The summed E-state index contributed by atoms with van der Waals surface area (Å²) in [7, 11) is 0. The molecule has 1 aliphatic rings. The van der Waals surface area contributed by atoms with Crippen LogP contribution in [0.5, 0.6) is 0 Å². The van der Waals surface area contributed by atoms with Crippen molar-refractivity contribution in [2.24, 2.45) is 0 Å².